The van der Waals surface area contributed by atoms with Crippen LogP contribution in [0.5, 0.6) is 0 Å². The van der Waals surface area contributed by atoms with E-state index in [1.54, 1.807) is 18.2 Å². The minimum absolute atomic E-state index is 0.208. The van der Waals surface area contributed by atoms with Gasteiger partial charge in [0.25, 0.3) is 5.91 Å². The first-order valence-corrected chi connectivity index (χ1v) is 6.99. The number of carbonyl (C=O) groups excluding carboxylic acids is 1. The van der Waals surface area contributed by atoms with Crippen molar-refractivity contribution in [3.8, 4) is 5.69 Å². The zero-order chi connectivity index (χ0) is 15.7. The summed E-state index contributed by atoms with van der Waals surface area (Å²) in [5.74, 6) is -1.66. The third kappa shape index (κ3) is 2.64. The van der Waals surface area contributed by atoms with Crippen molar-refractivity contribution in [2.45, 2.75) is 6.42 Å². The number of likely N-dealkylation sites (tertiary alicyclic amines) is 1. The first-order chi connectivity index (χ1) is 10.6. The molecule has 8 nitrogen and oxygen atoms in total. The SMILES string of the molecule is O=C(O)[C@H]1CCN(C(=O)c2ccc(-n3cnnn3)cc2Cl)C1. The minimum Gasteiger partial charge on any atom is -0.481 e. The average Bonchev–Trinajstić information content (AvgIpc) is 3.18. The number of amides is 1. The maximum Gasteiger partial charge on any atom is 0.308 e. The lowest BCUT2D eigenvalue weighted by Gasteiger charge is -2.17. The van der Waals surface area contributed by atoms with Crippen LogP contribution >= 0.6 is 11.6 Å². The van der Waals surface area contributed by atoms with E-state index in [0.717, 1.165) is 0 Å². The van der Waals surface area contributed by atoms with Crippen LogP contribution in [0.3, 0.4) is 0 Å². The van der Waals surface area contributed by atoms with Crippen molar-refractivity contribution >= 4 is 23.5 Å². The number of benzene rings is 1. The molecule has 2 heterocycles. The van der Waals surface area contributed by atoms with Gasteiger partial charge < -0.3 is 10.0 Å². The predicted molar refractivity (Wildman–Crippen MR) is 75.8 cm³/mol. The van der Waals surface area contributed by atoms with Crippen molar-refractivity contribution in [1.82, 2.24) is 25.1 Å². The summed E-state index contributed by atoms with van der Waals surface area (Å²) < 4.78 is 1.43. The van der Waals surface area contributed by atoms with Crippen molar-refractivity contribution in [1.29, 1.82) is 0 Å². The van der Waals surface area contributed by atoms with Crippen LogP contribution in [0.4, 0.5) is 0 Å². The largest absolute Gasteiger partial charge is 0.481 e. The molecule has 0 saturated carbocycles. The van der Waals surface area contributed by atoms with Gasteiger partial charge in [-0.25, -0.2) is 4.68 Å². The third-order valence-corrected chi connectivity index (χ3v) is 3.93. The Balaban J connectivity index is 1.80. The van der Waals surface area contributed by atoms with Gasteiger partial charge in [-0.2, -0.15) is 0 Å². The summed E-state index contributed by atoms with van der Waals surface area (Å²) in [4.78, 5) is 24.9. The van der Waals surface area contributed by atoms with E-state index in [2.05, 4.69) is 15.5 Å². The van der Waals surface area contributed by atoms with Crippen LogP contribution in [0.25, 0.3) is 5.69 Å². The van der Waals surface area contributed by atoms with Crippen molar-refractivity contribution in [3.05, 3.63) is 35.1 Å². The maximum atomic E-state index is 12.4. The van der Waals surface area contributed by atoms with E-state index in [-0.39, 0.29) is 17.5 Å². The molecule has 1 aliphatic heterocycles. The molecule has 22 heavy (non-hydrogen) atoms. The van der Waals surface area contributed by atoms with E-state index in [4.69, 9.17) is 16.7 Å². The van der Waals surface area contributed by atoms with Crippen LogP contribution in [0, 0.1) is 5.92 Å². The zero-order valence-electron chi connectivity index (χ0n) is 11.4. The highest BCUT2D eigenvalue weighted by Crippen LogP contribution is 2.24. The summed E-state index contributed by atoms with van der Waals surface area (Å²) in [5.41, 5.74) is 0.973. The number of tetrazole rings is 1. The number of carboxylic acids is 1. The Kier molecular flexibility index (Phi) is 3.76. The molecular weight excluding hydrogens is 310 g/mol. The van der Waals surface area contributed by atoms with E-state index in [9.17, 15) is 9.59 Å². The Morgan fingerprint density at radius 1 is 1.36 bits per heavy atom. The average molecular weight is 322 g/mol. The molecule has 1 atom stereocenters. The second-order valence-corrected chi connectivity index (χ2v) is 5.40. The van der Waals surface area contributed by atoms with E-state index in [1.807, 2.05) is 0 Å². The molecule has 9 heteroatoms. The van der Waals surface area contributed by atoms with Crippen LogP contribution in [0.2, 0.25) is 5.02 Å². The third-order valence-electron chi connectivity index (χ3n) is 3.62. The summed E-state index contributed by atoms with van der Waals surface area (Å²) in [5, 5.41) is 20.1. The van der Waals surface area contributed by atoms with E-state index < -0.39 is 11.9 Å². The minimum atomic E-state index is -0.879. The molecule has 3 rings (SSSR count). The Morgan fingerprint density at radius 2 is 2.18 bits per heavy atom. The van der Waals surface area contributed by atoms with Crippen molar-refractivity contribution < 1.29 is 14.7 Å². The molecule has 114 valence electrons. The fourth-order valence-corrected chi connectivity index (χ4v) is 2.67. The molecule has 0 unspecified atom stereocenters. The topological polar surface area (TPSA) is 101 Å². The summed E-state index contributed by atoms with van der Waals surface area (Å²) in [6, 6.07) is 4.87. The molecule has 1 amide bonds. The molecule has 1 aromatic carbocycles. The molecule has 2 aromatic rings. The molecule has 1 saturated heterocycles. The van der Waals surface area contributed by atoms with Gasteiger partial charge in [0.2, 0.25) is 0 Å². The molecule has 0 radical (unpaired) electrons. The number of halogens is 1. The van der Waals surface area contributed by atoms with E-state index in [0.29, 0.717) is 24.2 Å². The summed E-state index contributed by atoms with van der Waals surface area (Å²) in [6.07, 6.45) is 1.88. The molecule has 1 N–H and O–H groups in total. The Morgan fingerprint density at radius 3 is 2.77 bits per heavy atom. The van der Waals surface area contributed by atoms with Gasteiger partial charge in [0.1, 0.15) is 6.33 Å². The molecule has 0 spiro atoms. The lowest BCUT2D eigenvalue weighted by Crippen LogP contribution is -2.30. The Hall–Kier alpha value is -2.48. The standard InChI is InChI=1S/C13H12ClN5O3/c14-11-5-9(19-7-15-16-17-19)1-2-10(11)12(20)18-4-3-8(6-18)13(21)22/h1-2,5,7-8H,3-4,6H2,(H,21,22)/t8-/m0/s1. The normalized spacial score (nSPS) is 17.7. The summed E-state index contributed by atoms with van der Waals surface area (Å²) in [6.45, 7) is 0.625. The van der Waals surface area contributed by atoms with Crippen LogP contribution in [0.15, 0.2) is 24.5 Å². The second-order valence-electron chi connectivity index (χ2n) is 4.99. The van der Waals surface area contributed by atoms with Crippen LogP contribution in [-0.4, -0.2) is 55.2 Å². The number of carbonyl (C=O) groups is 2. The van der Waals surface area contributed by atoms with Gasteiger partial charge in [0, 0.05) is 13.1 Å². The molecule has 0 bridgehead atoms. The summed E-state index contributed by atoms with van der Waals surface area (Å²) >= 11 is 6.17. The van der Waals surface area contributed by atoms with E-state index >= 15 is 0 Å². The van der Waals surface area contributed by atoms with Crippen molar-refractivity contribution in [2.75, 3.05) is 13.1 Å². The molecular formula is C13H12ClN5O3. The highest BCUT2D eigenvalue weighted by atomic mass is 35.5. The number of hydrogen-bond donors (Lipinski definition) is 1. The fraction of sp³-hybridized carbons (Fsp3) is 0.308. The first-order valence-electron chi connectivity index (χ1n) is 6.61. The number of aromatic nitrogens is 4. The lowest BCUT2D eigenvalue weighted by atomic mass is 10.1. The number of aliphatic carboxylic acids is 1. The lowest BCUT2D eigenvalue weighted by molar-refractivity contribution is -0.141. The van der Waals surface area contributed by atoms with Gasteiger partial charge in [-0.15, -0.1) is 5.10 Å². The van der Waals surface area contributed by atoms with Crippen LogP contribution in [-0.2, 0) is 4.79 Å². The van der Waals surface area contributed by atoms with Gasteiger partial charge in [-0.1, -0.05) is 11.6 Å². The first kappa shape index (κ1) is 14.5. The Bertz CT molecular complexity index is 718. The van der Waals surface area contributed by atoms with Gasteiger partial charge >= 0.3 is 5.97 Å². The molecule has 0 aliphatic carbocycles. The van der Waals surface area contributed by atoms with Gasteiger partial charge in [0.15, 0.2) is 0 Å². The second kappa shape index (κ2) is 5.72. The molecule has 1 aliphatic rings. The molecule has 1 aromatic heterocycles. The van der Waals surface area contributed by atoms with Crippen LogP contribution in [0.1, 0.15) is 16.8 Å². The number of carboxylic acid groups (broad SMARTS) is 1. The monoisotopic (exact) mass is 321 g/mol. The number of rotatable bonds is 3. The maximum absolute atomic E-state index is 12.4. The van der Waals surface area contributed by atoms with Crippen molar-refractivity contribution in [3.63, 3.8) is 0 Å². The predicted octanol–water partition coefficient (Wildman–Crippen LogP) is 0.862. The Labute approximate surface area is 130 Å². The smallest absolute Gasteiger partial charge is 0.308 e. The van der Waals surface area contributed by atoms with Crippen LogP contribution < -0.4 is 0 Å². The van der Waals surface area contributed by atoms with Gasteiger partial charge in [-0.3, -0.25) is 9.59 Å². The van der Waals surface area contributed by atoms with E-state index in [1.165, 1.54) is 15.9 Å². The number of hydrogen-bond acceptors (Lipinski definition) is 5. The van der Waals surface area contributed by atoms with Gasteiger partial charge in [0.05, 0.1) is 22.2 Å². The summed E-state index contributed by atoms with van der Waals surface area (Å²) in [7, 11) is 0. The highest BCUT2D eigenvalue weighted by molar-refractivity contribution is 6.34. The van der Waals surface area contributed by atoms with Gasteiger partial charge in [-0.05, 0) is 35.0 Å². The zero-order valence-corrected chi connectivity index (χ0v) is 12.1. The highest BCUT2D eigenvalue weighted by Gasteiger charge is 2.31. The molecule has 1 fully saturated rings. The number of nitrogens with zero attached hydrogens (tertiary/aromatic N) is 5. The van der Waals surface area contributed by atoms with Crippen molar-refractivity contribution in [2.24, 2.45) is 5.92 Å². The quantitative estimate of drug-likeness (QED) is 0.899. The fourth-order valence-electron chi connectivity index (χ4n) is 2.42.